The molecule has 2 rings (SSSR count). The molecule has 0 spiro atoms. The predicted molar refractivity (Wildman–Crippen MR) is 60.5 cm³/mol. The summed E-state index contributed by atoms with van der Waals surface area (Å²) in [5.41, 5.74) is 6.86. The summed E-state index contributed by atoms with van der Waals surface area (Å²) in [4.78, 5) is 13.4. The fraction of sp³-hybridized carbons (Fsp3) is 0.417. The van der Waals surface area contributed by atoms with Crippen LogP contribution in [0.25, 0.3) is 0 Å². The van der Waals surface area contributed by atoms with Crippen molar-refractivity contribution in [2.45, 2.75) is 25.0 Å². The number of nitrogens with two attached hydrogens (primary N) is 1. The molecule has 1 heterocycles. The maximum Gasteiger partial charge on any atom is 0.224 e. The van der Waals surface area contributed by atoms with E-state index >= 15 is 0 Å². The van der Waals surface area contributed by atoms with E-state index < -0.39 is 0 Å². The Hall–Kier alpha value is -1.39. The zero-order valence-corrected chi connectivity index (χ0v) is 9.04. The molecule has 0 unspecified atom stereocenters. The van der Waals surface area contributed by atoms with Gasteiger partial charge in [0.15, 0.2) is 0 Å². The van der Waals surface area contributed by atoms with Gasteiger partial charge < -0.3 is 15.7 Å². The smallest absolute Gasteiger partial charge is 0.224 e. The van der Waals surface area contributed by atoms with Crippen LogP contribution in [0.5, 0.6) is 0 Å². The van der Waals surface area contributed by atoms with Crippen LogP contribution in [0, 0.1) is 0 Å². The van der Waals surface area contributed by atoms with Crippen LogP contribution >= 0.6 is 0 Å². The van der Waals surface area contributed by atoms with Gasteiger partial charge in [-0.1, -0.05) is 30.3 Å². The normalized spacial score (nSPS) is 25.1. The lowest BCUT2D eigenvalue weighted by Crippen LogP contribution is -2.42. The number of rotatable bonds is 3. The second-order valence-electron chi connectivity index (χ2n) is 4.13. The number of carbonyl (C=O) groups is 1. The molecular formula is C12H16N2O2. The molecule has 86 valence electrons. The molecule has 1 aromatic carbocycles. The molecule has 0 radical (unpaired) electrons. The first kappa shape index (κ1) is 11.1. The number of hydrogen-bond donors (Lipinski definition) is 2. The maximum atomic E-state index is 11.7. The van der Waals surface area contributed by atoms with Gasteiger partial charge in [0.25, 0.3) is 0 Å². The number of nitrogens with zero attached hydrogens (tertiary/aromatic N) is 1. The number of benzene rings is 1. The van der Waals surface area contributed by atoms with E-state index in [1.165, 1.54) is 0 Å². The Labute approximate surface area is 94.7 Å². The van der Waals surface area contributed by atoms with Gasteiger partial charge in [-0.15, -0.1) is 0 Å². The van der Waals surface area contributed by atoms with E-state index in [9.17, 15) is 9.90 Å². The Kier molecular flexibility index (Phi) is 3.22. The van der Waals surface area contributed by atoms with Crippen LogP contribution in [0.4, 0.5) is 0 Å². The summed E-state index contributed by atoms with van der Waals surface area (Å²) in [6, 6.07) is 9.24. The number of likely N-dealkylation sites (tertiary alicyclic amines) is 1. The van der Waals surface area contributed by atoms with Crippen molar-refractivity contribution in [2.24, 2.45) is 5.73 Å². The fourth-order valence-electron chi connectivity index (χ4n) is 2.09. The highest BCUT2D eigenvalue weighted by molar-refractivity contribution is 5.80. The van der Waals surface area contributed by atoms with Gasteiger partial charge in [-0.3, -0.25) is 4.79 Å². The molecule has 3 N–H and O–H groups in total. The van der Waals surface area contributed by atoms with Crippen molar-refractivity contribution in [1.29, 1.82) is 0 Å². The largest absolute Gasteiger partial charge is 0.394 e. The molecule has 16 heavy (non-hydrogen) atoms. The number of hydrogen-bond acceptors (Lipinski definition) is 3. The lowest BCUT2D eigenvalue weighted by atomic mass is 10.1. The summed E-state index contributed by atoms with van der Waals surface area (Å²) in [7, 11) is 0. The minimum absolute atomic E-state index is 0.0235. The predicted octanol–water partition coefficient (Wildman–Crippen LogP) is 0.107. The molecular weight excluding hydrogens is 204 g/mol. The maximum absolute atomic E-state index is 11.7. The van der Waals surface area contributed by atoms with Crippen LogP contribution in [0.2, 0.25) is 0 Å². The van der Waals surface area contributed by atoms with Crippen molar-refractivity contribution >= 4 is 5.91 Å². The number of amides is 1. The van der Waals surface area contributed by atoms with Crippen molar-refractivity contribution in [1.82, 2.24) is 4.90 Å². The van der Waals surface area contributed by atoms with Crippen LogP contribution in [0.15, 0.2) is 30.3 Å². The Bertz CT molecular complexity index is 367. The van der Waals surface area contributed by atoms with Crippen LogP contribution in [0.3, 0.4) is 0 Å². The summed E-state index contributed by atoms with van der Waals surface area (Å²) in [5, 5.41) is 9.23. The monoisotopic (exact) mass is 220 g/mol. The SMILES string of the molecule is N[C@H]1CC(=O)N(Cc2ccccc2)[C@@H]1CO. The first-order chi connectivity index (χ1) is 7.72. The first-order valence-electron chi connectivity index (χ1n) is 5.42. The Balaban J connectivity index is 2.11. The highest BCUT2D eigenvalue weighted by Crippen LogP contribution is 2.20. The highest BCUT2D eigenvalue weighted by atomic mass is 16.3. The molecule has 0 aliphatic carbocycles. The second kappa shape index (κ2) is 4.63. The van der Waals surface area contributed by atoms with E-state index in [0.717, 1.165) is 5.56 Å². The van der Waals surface area contributed by atoms with Crippen molar-refractivity contribution in [2.75, 3.05) is 6.61 Å². The van der Waals surface area contributed by atoms with Crippen LogP contribution in [-0.4, -0.2) is 34.6 Å². The molecule has 1 amide bonds. The summed E-state index contributed by atoms with van der Waals surface area (Å²) in [6.45, 7) is 0.457. The summed E-state index contributed by atoms with van der Waals surface area (Å²) in [5.74, 6) is 0.0235. The quantitative estimate of drug-likeness (QED) is 0.759. The van der Waals surface area contributed by atoms with Crippen LogP contribution in [0.1, 0.15) is 12.0 Å². The van der Waals surface area contributed by atoms with Gasteiger partial charge in [-0.2, -0.15) is 0 Å². The molecule has 2 atom stereocenters. The molecule has 4 heteroatoms. The molecule has 1 saturated heterocycles. The van der Waals surface area contributed by atoms with Gasteiger partial charge in [-0.25, -0.2) is 0 Å². The third-order valence-corrected chi connectivity index (χ3v) is 3.01. The zero-order valence-electron chi connectivity index (χ0n) is 9.04. The van der Waals surface area contributed by atoms with Crippen molar-refractivity contribution in [3.05, 3.63) is 35.9 Å². The zero-order chi connectivity index (χ0) is 11.5. The van der Waals surface area contributed by atoms with Gasteiger partial charge >= 0.3 is 0 Å². The van der Waals surface area contributed by atoms with Crippen molar-refractivity contribution < 1.29 is 9.90 Å². The van der Waals surface area contributed by atoms with E-state index in [4.69, 9.17) is 5.73 Å². The van der Waals surface area contributed by atoms with E-state index in [1.54, 1.807) is 4.90 Å². The number of aliphatic hydroxyl groups is 1. The minimum atomic E-state index is -0.249. The molecule has 1 aliphatic heterocycles. The molecule has 0 saturated carbocycles. The van der Waals surface area contributed by atoms with Gasteiger partial charge in [0, 0.05) is 19.0 Å². The highest BCUT2D eigenvalue weighted by Gasteiger charge is 2.36. The molecule has 1 aliphatic rings. The van der Waals surface area contributed by atoms with E-state index in [1.807, 2.05) is 30.3 Å². The van der Waals surface area contributed by atoms with Crippen LogP contribution < -0.4 is 5.73 Å². The molecule has 1 fully saturated rings. The summed E-state index contributed by atoms with van der Waals surface area (Å²) in [6.07, 6.45) is 0.331. The van der Waals surface area contributed by atoms with Gasteiger partial charge in [0.1, 0.15) is 0 Å². The number of carbonyl (C=O) groups excluding carboxylic acids is 1. The van der Waals surface area contributed by atoms with Gasteiger partial charge in [0.2, 0.25) is 5.91 Å². The third kappa shape index (κ3) is 2.08. The second-order valence-corrected chi connectivity index (χ2v) is 4.13. The summed E-state index contributed by atoms with van der Waals surface area (Å²) < 4.78 is 0. The standard InChI is InChI=1S/C12H16N2O2/c13-10-6-12(16)14(11(10)8-15)7-9-4-2-1-3-5-9/h1-5,10-11,15H,6-8,13H2/t10-,11+/m0/s1. The Morgan fingerprint density at radius 3 is 2.69 bits per heavy atom. The average Bonchev–Trinajstić information content (AvgIpc) is 2.55. The first-order valence-corrected chi connectivity index (χ1v) is 5.42. The molecule has 4 nitrogen and oxygen atoms in total. The molecule has 1 aromatic rings. The van der Waals surface area contributed by atoms with Crippen LogP contribution in [-0.2, 0) is 11.3 Å². The van der Waals surface area contributed by atoms with Gasteiger partial charge in [0.05, 0.1) is 12.6 Å². The van der Waals surface area contributed by atoms with Crippen molar-refractivity contribution in [3.8, 4) is 0 Å². The Morgan fingerprint density at radius 1 is 1.38 bits per heavy atom. The minimum Gasteiger partial charge on any atom is -0.394 e. The van der Waals surface area contributed by atoms with E-state index in [0.29, 0.717) is 13.0 Å². The Morgan fingerprint density at radius 2 is 2.06 bits per heavy atom. The fourth-order valence-corrected chi connectivity index (χ4v) is 2.09. The lowest BCUT2D eigenvalue weighted by molar-refractivity contribution is -0.130. The third-order valence-electron chi connectivity index (χ3n) is 3.01. The van der Waals surface area contributed by atoms with Gasteiger partial charge in [-0.05, 0) is 5.56 Å². The summed E-state index contributed by atoms with van der Waals surface area (Å²) >= 11 is 0. The number of aliphatic hydroxyl groups excluding tert-OH is 1. The average molecular weight is 220 g/mol. The molecule has 0 aromatic heterocycles. The lowest BCUT2D eigenvalue weighted by Gasteiger charge is -2.25. The molecule has 0 bridgehead atoms. The van der Waals surface area contributed by atoms with E-state index in [2.05, 4.69) is 0 Å². The van der Waals surface area contributed by atoms with E-state index in [-0.39, 0.29) is 24.6 Å². The topological polar surface area (TPSA) is 66.6 Å². The van der Waals surface area contributed by atoms with Crippen molar-refractivity contribution in [3.63, 3.8) is 0 Å².